The lowest BCUT2D eigenvalue weighted by Gasteiger charge is -2.35. The molecule has 5 rings (SSSR count). The minimum absolute atomic E-state index is 0.107. The predicted molar refractivity (Wildman–Crippen MR) is 121 cm³/mol. The van der Waals surface area contributed by atoms with Crippen LogP contribution in [0.25, 0.3) is 16.7 Å². The largest absolute Gasteiger partial charge is 0.336 e. The third-order valence-electron chi connectivity index (χ3n) is 5.99. The summed E-state index contributed by atoms with van der Waals surface area (Å²) < 4.78 is 29.8. The molecule has 0 unspecified atom stereocenters. The van der Waals surface area contributed by atoms with Gasteiger partial charge in [0.1, 0.15) is 17.3 Å². The maximum absolute atomic E-state index is 14.4. The second-order valence-corrected chi connectivity index (χ2v) is 8.22. The first-order valence-electron chi connectivity index (χ1n) is 10.9. The lowest BCUT2D eigenvalue weighted by molar-refractivity contribution is 0.0629. The minimum Gasteiger partial charge on any atom is -0.336 e. The zero-order chi connectivity index (χ0) is 22.9. The fourth-order valence-electron chi connectivity index (χ4n) is 4.25. The minimum atomic E-state index is -0.412. The van der Waals surface area contributed by atoms with Crippen molar-refractivity contribution in [3.8, 4) is 5.69 Å². The molecule has 0 saturated carbocycles. The Balaban J connectivity index is 1.37. The van der Waals surface area contributed by atoms with Crippen molar-refractivity contribution in [1.29, 1.82) is 0 Å². The second kappa shape index (κ2) is 8.71. The van der Waals surface area contributed by atoms with Gasteiger partial charge >= 0.3 is 0 Å². The van der Waals surface area contributed by atoms with E-state index in [1.54, 1.807) is 54.4 Å². The number of hydrogen-bond acceptors (Lipinski definition) is 4. The van der Waals surface area contributed by atoms with E-state index in [0.29, 0.717) is 60.6 Å². The van der Waals surface area contributed by atoms with Gasteiger partial charge in [0.25, 0.3) is 5.91 Å². The van der Waals surface area contributed by atoms with Gasteiger partial charge < -0.3 is 4.90 Å². The van der Waals surface area contributed by atoms with Crippen LogP contribution < -0.4 is 0 Å². The number of piperazine rings is 1. The molecule has 168 valence electrons. The molecule has 1 saturated heterocycles. The molecule has 0 bridgehead atoms. The Morgan fingerprint density at radius 3 is 2.39 bits per heavy atom. The number of aryl methyl sites for hydroxylation is 1. The summed E-state index contributed by atoms with van der Waals surface area (Å²) in [7, 11) is 0. The molecule has 8 heteroatoms. The lowest BCUT2D eigenvalue weighted by atomic mass is 10.1. The van der Waals surface area contributed by atoms with Crippen LogP contribution in [0.15, 0.2) is 60.8 Å². The van der Waals surface area contributed by atoms with Gasteiger partial charge in [-0.15, -0.1) is 0 Å². The van der Waals surface area contributed by atoms with Crippen LogP contribution in [0.1, 0.15) is 21.6 Å². The highest BCUT2D eigenvalue weighted by molar-refractivity contribution is 6.05. The summed E-state index contributed by atoms with van der Waals surface area (Å²) in [5, 5.41) is 4.91. The Morgan fingerprint density at radius 1 is 0.970 bits per heavy atom. The first kappa shape index (κ1) is 21.2. The van der Waals surface area contributed by atoms with Gasteiger partial charge in [0.15, 0.2) is 5.65 Å². The normalized spacial score (nSPS) is 14.7. The maximum atomic E-state index is 14.4. The summed E-state index contributed by atoms with van der Waals surface area (Å²) in [6.45, 7) is 4.71. The number of carbonyl (C=O) groups excluding carboxylic acids is 1. The third kappa shape index (κ3) is 4.09. The summed E-state index contributed by atoms with van der Waals surface area (Å²) in [5.41, 5.74) is 2.54. The van der Waals surface area contributed by atoms with Crippen molar-refractivity contribution in [3.63, 3.8) is 0 Å². The quantitative estimate of drug-likeness (QED) is 0.475. The topological polar surface area (TPSA) is 54.3 Å². The van der Waals surface area contributed by atoms with E-state index < -0.39 is 5.82 Å². The van der Waals surface area contributed by atoms with Gasteiger partial charge in [0.05, 0.1) is 17.1 Å². The van der Waals surface area contributed by atoms with Crippen LogP contribution in [0.5, 0.6) is 0 Å². The van der Waals surface area contributed by atoms with Crippen LogP contribution in [0, 0.1) is 18.6 Å². The summed E-state index contributed by atoms with van der Waals surface area (Å²) in [4.78, 5) is 21.9. The smallest absolute Gasteiger partial charge is 0.254 e. The number of fused-ring (bicyclic) bond motifs is 1. The number of halogens is 2. The van der Waals surface area contributed by atoms with Crippen LogP contribution in [-0.4, -0.2) is 56.7 Å². The highest BCUT2D eigenvalue weighted by Gasteiger charge is 2.25. The molecule has 2 aromatic heterocycles. The van der Waals surface area contributed by atoms with E-state index in [1.807, 2.05) is 6.07 Å². The van der Waals surface area contributed by atoms with Crippen LogP contribution in [-0.2, 0) is 6.54 Å². The number of hydrogen-bond donors (Lipinski definition) is 0. The highest BCUT2D eigenvalue weighted by atomic mass is 19.1. The van der Waals surface area contributed by atoms with Crippen molar-refractivity contribution in [2.24, 2.45) is 0 Å². The molecule has 1 amide bonds. The standard InChI is InChI=1S/C25H23F2N5O/c1-17-14-19(20-15-28-32(24(20)29-17)23-9-5-4-8-22(23)27)25(33)31-12-10-30(11-13-31)16-18-6-2-3-7-21(18)26/h2-9,14-15H,10-13,16H2,1H3. The Hall–Kier alpha value is -3.65. The summed E-state index contributed by atoms with van der Waals surface area (Å²) in [6, 6.07) is 14.9. The molecule has 1 fully saturated rings. The van der Waals surface area contributed by atoms with Crippen molar-refractivity contribution < 1.29 is 13.6 Å². The summed E-state index contributed by atoms with van der Waals surface area (Å²) in [5.74, 6) is -0.730. The van der Waals surface area contributed by atoms with Crippen LogP contribution >= 0.6 is 0 Å². The Labute approximate surface area is 190 Å². The number of amides is 1. The fourth-order valence-corrected chi connectivity index (χ4v) is 4.25. The molecular formula is C25H23F2N5O. The van der Waals surface area contributed by atoms with Gasteiger partial charge in [0.2, 0.25) is 0 Å². The Morgan fingerprint density at radius 2 is 1.67 bits per heavy atom. The van der Waals surface area contributed by atoms with Crippen LogP contribution in [0.2, 0.25) is 0 Å². The number of aromatic nitrogens is 3. The Kier molecular flexibility index (Phi) is 5.60. The molecular weight excluding hydrogens is 424 g/mol. The summed E-state index contributed by atoms with van der Waals surface area (Å²) >= 11 is 0. The second-order valence-electron chi connectivity index (χ2n) is 8.22. The number of pyridine rings is 1. The van der Waals surface area contributed by atoms with Gasteiger partial charge in [-0.3, -0.25) is 9.69 Å². The van der Waals surface area contributed by atoms with Crippen molar-refractivity contribution >= 4 is 16.9 Å². The molecule has 3 heterocycles. The van der Waals surface area contributed by atoms with Crippen LogP contribution in [0.4, 0.5) is 8.78 Å². The Bertz CT molecular complexity index is 1330. The van der Waals surface area contributed by atoms with E-state index >= 15 is 0 Å². The maximum Gasteiger partial charge on any atom is 0.254 e. The van der Waals surface area contributed by atoms with Crippen LogP contribution in [0.3, 0.4) is 0 Å². The monoisotopic (exact) mass is 447 g/mol. The first-order chi connectivity index (χ1) is 16.0. The molecule has 4 aromatic rings. The number of rotatable bonds is 4. The zero-order valence-corrected chi connectivity index (χ0v) is 18.2. The van der Waals surface area contributed by atoms with E-state index in [4.69, 9.17) is 0 Å². The number of carbonyl (C=O) groups is 1. The van der Waals surface area contributed by atoms with E-state index in [9.17, 15) is 13.6 Å². The van der Waals surface area contributed by atoms with E-state index in [0.717, 1.165) is 0 Å². The van der Waals surface area contributed by atoms with E-state index in [2.05, 4.69) is 15.0 Å². The molecule has 6 nitrogen and oxygen atoms in total. The van der Waals surface area contributed by atoms with Gasteiger partial charge in [-0.2, -0.15) is 5.10 Å². The van der Waals surface area contributed by atoms with Gasteiger partial charge in [-0.05, 0) is 31.2 Å². The van der Waals surface area contributed by atoms with Crippen molar-refractivity contribution in [2.75, 3.05) is 26.2 Å². The first-order valence-corrected chi connectivity index (χ1v) is 10.9. The van der Waals surface area contributed by atoms with Gasteiger partial charge in [-0.25, -0.2) is 18.4 Å². The van der Waals surface area contributed by atoms with Gasteiger partial charge in [0, 0.05) is 44.0 Å². The van der Waals surface area contributed by atoms with E-state index in [1.165, 1.54) is 16.8 Å². The van der Waals surface area contributed by atoms with Gasteiger partial charge in [-0.1, -0.05) is 30.3 Å². The molecule has 0 spiro atoms. The average molecular weight is 447 g/mol. The van der Waals surface area contributed by atoms with Crippen molar-refractivity contribution in [1.82, 2.24) is 24.6 Å². The zero-order valence-electron chi connectivity index (χ0n) is 18.2. The highest BCUT2D eigenvalue weighted by Crippen LogP contribution is 2.24. The SMILES string of the molecule is Cc1cc(C(=O)N2CCN(Cc3ccccc3F)CC2)c2cnn(-c3ccccc3F)c2n1. The van der Waals surface area contributed by atoms with Crippen molar-refractivity contribution in [3.05, 3.63) is 89.2 Å². The molecule has 33 heavy (non-hydrogen) atoms. The van der Waals surface area contributed by atoms with Crippen molar-refractivity contribution in [2.45, 2.75) is 13.5 Å². The molecule has 0 aliphatic carbocycles. The molecule has 1 aliphatic rings. The number of benzene rings is 2. The fraction of sp³-hybridized carbons (Fsp3) is 0.240. The molecule has 0 radical (unpaired) electrons. The molecule has 1 aliphatic heterocycles. The lowest BCUT2D eigenvalue weighted by Crippen LogP contribution is -2.48. The average Bonchev–Trinajstić information content (AvgIpc) is 3.24. The molecule has 0 N–H and O–H groups in total. The summed E-state index contributed by atoms with van der Waals surface area (Å²) in [6.07, 6.45) is 1.57. The molecule has 2 aromatic carbocycles. The third-order valence-corrected chi connectivity index (χ3v) is 5.99. The number of nitrogens with zero attached hydrogens (tertiary/aromatic N) is 5. The molecule has 0 atom stereocenters. The van der Waals surface area contributed by atoms with E-state index in [-0.39, 0.29) is 17.4 Å². The number of para-hydroxylation sites is 1. The predicted octanol–water partition coefficient (Wildman–Crippen LogP) is 3.97.